The monoisotopic (exact) mass is 401 g/mol. The molecule has 5 nitrogen and oxygen atoms in total. The van der Waals surface area contributed by atoms with Crippen molar-refractivity contribution >= 4 is 16.7 Å². The van der Waals surface area contributed by atoms with Crippen LogP contribution in [0.15, 0.2) is 54.7 Å². The lowest BCUT2D eigenvalue weighted by Crippen LogP contribution is -2.41. The molecule has 0 aliphatic carbocycles. The summed E-state index contributed by atoms with van der Waals surface area (Å²) in [5.74, 6) is 0.192. The molecule has 1 aliphatic heterocycles. The first-order valence-electron chi connectivity index (χ1n) is 9.25. The van der Waals surface area contributed by atoms with Crippen LogP contribution in [0.3, 0.4) is 0 Å². The van der Waals surface area contributed by atoms with Gasteiger partial charge in [0.15, 0.2) is 0 Å². The van der Waals surface area contributed by atoms with E-state index in [0.717, 1.165) is 22.9 Å². The second-order valence-corrected chi connectivity index (χ2v) is 6.92. The molecule has 150 valence electrons. The van der Waals surface area contributed by atoms with E-state index in [0.29, 0.717) is 31.8 Å². The number of halogens is 3. The molecule has 1 fully saturated rings. The Morgan fingerprint density at radius 1 is 1.03 bits per heavy atom. The Kier molecular flexibility index (Phi) is 5.08. The number of hydrogen-bond donors (Lipinski definition) is 0. The predicted octanol–water partition coefficient (Wildman–Crippen LogP) is 4.33. The topological polar surface area (TPSA) is 55.3 Å². The van der Waals surface area contributed by atoms with Crippen molar-refractivity contribution in [2.24, 2.45) is 0 Å². The van der Waals surface area contributed by atoms with E-state index in [1.807, 2.05) is 24.3 Å². The maximum atomic E-state index is 12.7. The van der Waals surface area contributed by atoms with Crippen molar-refractivity contribution in [2.45, 2.75) is 25.1 Å². The highest BCUT2D eigenvalue weighted by atomic mass is 19.4. The van der Waals surface area contributed by atoms with Gasteiger partial charge in [0, 0.05) is 42.3 Å². The van der Waals surface area contributed by atoms with Crippen LogP contribution in [0, 0.1) is 0 Å². The van der Waals surface area contributed by atoms with E-state index in [4.69, 9.17) is 4.74 Å². The average molecular weight is 401 g/mol. The van der Waals surface area contributed by atoms with Gasteiger partial charge >= 0.3 is 6.18 Å². The third-order valence-corrected chi connectivity index (χ3v) is 5.00. The van der Waals surface area contributed by atoms with Crippen molar-refractivity contribution in [1.29, 1.82) is 0 Å². The number of piperidine rings is 1. The standard InChI is InChI=1S/C21H18F3N3O2/c22-21(23,24)16-7-5-14(6-8-16)20(28)27-11-9-17(10-12-27)29-19-18-4-2-1-3-15(18)13-25-26-19/h1-8,13,17H,9-12H2. The minimum absolute atomic E-state index is 0.105. The maximum absolute atomic E-state index is 12.7. The number of benzene rings is 2. The third kappa shape index (κ3) is 4.16. The maximum Gasteiger partial charge on any atom is 0.416 e. The zero-order valence-electron chi connectivity index (χ0n) is 15.4. The Bertz CT molecular complexity index is 1010. The molecule has 0 spiro atoms. The average Bonchev–Trinajstić information content (AvgIpc) is 2.73. The first kappa shape index (κ1) is 19.2. The largest absolute Gasteiger partial charge is 0.473 e. The molecule has 8 heteroatoms. The summed E-state index contributed by atoms with van der Waals surface area (Å²) in [6.45, 7) is 0.922. The Morgan fingerprint density at radius 3 is 2.41 bits per heavy atom. The number of ether oxygens (including phenoxy) is 1. The van der Waals surface area contributed by atoms with Crippen LogP contribution in [0.1, 0.15) is 28.8 Å². The van der Waals surface area contributed by atoms with Crippen molar-refractivity contribution in [3.63, 3.8) is 0 Å². The summed E-state index contributed by atoms with van der Waals surface area (Å²) in [5, 5.41) is 9.87. The molecule has 2 heterocycles. The van der Waals surface area contributed by atoms with Crippen molar-refractivity contribution < 1.29 is 22.7 Å². The van der Waals surface area contributed by atoms with E-state index in [1.165, 1.54) is 12.1 Å². The molecular formula is C21H18F3N3O2. The van der Waals surface area contributed by atoms with Gasteiger partial charge in [-0.15, -0.1) is 5.10 Å². The number of aromatic nitrogens is 2. The van der Waals surface area contributed by atoms with Crippen molar-refractivity contribution in [3.8, 4) is 5.88 Å². The minimum Gasteiger partial charge on any atom is -0.473 e. The molecule has 3 aromatic rings. The second-order valence-electron chi connectivity index (χ2n) is 6.92. The fourth-order valence-corrected chi connectivity index (χ4v) is 3.41. The minimum atomic E-state index is -4.41. The van der Waals surface area contributed by atoms with Gasteiger partial charge in [0.05, 0.1) is 11.8 Å². The summed E-state index contributed by atoms with van der Waals surface area (Å²) in [4.78, 5) is 14.2. The highest BCUT2D eigenvalue weighted by Crippen LogP contribution is 2.29. The van der Waals surface area contributed by atoms with Crippen LogP contribution in [0.5, 0.6) is 5.88 Å². The highest BCUT2D eigenvalue weighted by Gasteiger charge is 2.31. The van der Waals surface area contributed by atoms with Gasteiger partial charge in [-0.1, -0.05) is 18.2 Å². The molecule has 0 radical (unpaired) electrons. The van der Waals surface area contributed by atoms with Crippen LogP contribution in [-0.2, 0) is 6.18 Å². The van der Waals surface area contributed by atoms with E-state index in [-0.39, 0.29) is 17.6 Å². The number of amides is 1. The number of carbonyl (C=O) groups is 1. The summed E-state index contributed by atoms with van der Waals surface area (Å²) >= 11 is 0. The van der Waals surface area contributed by atoms with Gasteiger partial charge in [-0.25, -0.2) is 0 Å². The van der Waals surface area contributed by atoms with Crippen molar-refractivity contribution in [3.05, 3.63) is 65.9 Å². The van der Waals surface area contributed by atoms with Crippen LogP contribution in [0.25, 0.3) is 10.8 Å². The number of nitrogens with zero attached hydrogens (tertiary/aromatic N) is 3. The lowest BCUT2D eigenvalue weighted by atomic mass is 10.1. The number of rotatable bonds is 3. The van der Waals surface area contributed by atoms with Gasteiger partial charge in [-0.2, -0.15) is 18.3 Å². The van der Waals surface area contributed by atoms with E-state index in [9.17, 15) is 18.0 Å². The van der Waals surface area contributed by atoms with E-state index >= 15 is 0 Å². The number of carbonyl (C=O) groups excluding carboxylic acids is 1. The van der Waals surface area contributed by atoms with Gasteiger partial charge in [-0.05, 0) is 30.3 Å². The Hall–Kier alpha value is -3.16. The fraction of sp³-hybridized carbons (Fsp3) is 0.286. The SMILES string of the molecule is O=C(c1ccc(C(F)(F)F)cc1)N1CCC(Oc2nncc3ccccc23)CC1. The fourth-order valence-electron chi connectivity index (χ4n) is 3.41. The van der Waals surface area contributed by atoms with Gasteiger partial charge in [0.1, 0.15) is 6.10 Å². The van der Waals surface area contributed by atoms with Crippen molar-refractivity contribution in [1.82, 2.24) is 15.1 Å². The number of likely N-dealkylation sites (tertiary alicyclic amines) is 1. The highest BCUT2D eigenvalue weighted by molar-refractivity contribution is 5.94. The lowest BCUT2D eigenvalue weighted by Gasteiger charge is -2.32. The smallest absolute Gasteiger partial charge is 0.416 e. The van der Waals surface area contributed by atoms with Gasteiger partial charge in [-0.3, -0.25) is 4.79 Å². The van der Waals surface area contributed by atoms with Gasteiger partial charge in [0.25, 0.3) is 5.91 Å². The molecule has 0 bridgehead atoms. The third-order valence-electron chi connectivity index (χ3n) is 5.00. The van der Waals surface area contributed by atoms with Gasteiger partial charge < -0.3 is 9.64 Å². The second kappa shape index (κ2) is 7.69. The molecule has 0 saturated carbocycles. The molecule has 1 aliphatic rings. The Morgan fingerprint density at radius 2 is 1.72 bits per heavy atom. The predicted molar refractivity (Wildman–Crippen MR) is 101 cm³/mol. The summed E-state index contributed by atoms with van der Waals surface area (Å²) < 4.78 is 44.0. The Balaban J connectivity index is 1.38. The summed E-state index contributed by atoms with van der Waals surface area (Å²) in [7, 11) is 0. The van der Waals surface area contributed by atoms with Crippen LogP contribution < -0.4 is 4.74 Å². The number of fused-ring (bicyclic) bond motifs is 1. The van der Waals surface area contributed by atoms with Crippen LogP contribution in [-0.4, -0.2) is 40.2 Å². The molecule has 1 amide bonds. The van der Waals surface area contributed by atoms with E-state index in [1.54, 1.807) is 11.1 Å². The molecule has 29 heavy (non-hydrogen) atoms. The molecule has 1 aromatic heterocycles. The van der Waals surface area contributed by atoms with Crippen LogP contribution in [0.4, 0.5) is 13.2 Å². The Labute approximate surface area is 165 Å². The van der Waals surface area contributed by atoms with Gasteiger partial charge in [0.2, 0.25) is 5.88 Å². The first-order chi connectivity index (χ1) is 13.9. The van der Waals surface area contributed by atoms with Crippen LogP contribution in [0.2, 0.25) is 0 Å². The molecule has 0 atom stereocenters. The molecule has 1 saturated heterocycles. The molecule has 0 N–H and O–H groups in total. The number of hydrogen-bond acceptors (Lipinski definition) is 4. The first-order valence-corrected chi connectivity index (χ1v) is 9.25. The molecule has 0 unspecified atom stereocenters. The van der Waals surface area contributed by atoms with E-state index in [2.05, 4.69) is 10.2 Å². The van der Waals surface area contributed by atoms with Crippen LogP contribution >= 0.6 is 0 Å². The summed E-state index contributed by atoms with van der Waals surface area (Å²) in [6, 6.07) is 12.0. The number of alkyl halides is 3. The molecule has 4 rings (SSSR count). The molecular weight excluding hydrogens is 383 g/mol. The van der Waals surface area contributed by atoms with E-state index < -0.39 is 11.7 Å². The zero-order valence-corrected chi connectivity index (χ0v) is 15.4. The normalized spacial score (nSPS) is 15.5. The summed E-state index contributed by atoms with van der Waals surface area (Å²) in [5.41, 5.74) is -0.519. The lowest BCUT2D eigenvalue weighted by molar-refractivity contribution is -0.137. The zero-order chi connectivity index (χ0) is 20.4. The molecule has 2 aromatic carbocycles. The van der Waals surface area contributed by atoms with Crippen molar-refractivity contribution in [2.75, 3.05) is 13.1 Å². The summed E-state index contributed by atoms with van der Waals surface area (Å²) in [6.07, 6.45) is -1.63. The quantitative estimate of drug-likeness (QED) is 0.656.